The third kappa shape index (κ3) is 2.91. The number of aliphatic hydroxyl groups is 1. The highest BCUT2D eigenvalue weighted by Crippen LogP contribution is 2.32. The van der Waals surface area contributed by atoms with E-state index >= 15 is 0 Å². The first-order chi connectivity index (χ1) is 8.12. The summed E-state index contributed by atoms with van der Waals surface area (Å²) in [6, 6.07) is 8.06. The van der Waals surface area contributed by atoms with Crippen molar-refractivity contribution in [2.24, 2.45) is 0 Å². The number of benzene rings is 1. The summed E-state index contributed by atoms with van der Waals surface area (Å²) < 4.78 is 5.39. The summed E-state index contributed by atoms with van der Waals surface area (Å²) in [7, 11) is 0. The van der Waals surface area contributed by atoms with Gasteiger partial charge in [-0.3, -0.25) is 0 Å². The third-order valence-corrected chi connectivity index (χ3v) is 3.43. The standard InChI is InChI=1S/C14H21NO2/c1-3-17-12-8-6-11(7-9-12)15-13-5-4-10-14(13,2)16/h6-9,13,15-16H,3-5,10H2,1-2H3. The maximum absolute atomic E-state index is 10.2. The van der Waals surface area contributed by atoms with Gasteiger partial charge in [-0.1, -0.05) is 0 Å². The molecule has 2 N–H and O–H groups in total. The summed E-state index contributed by atoms with van der Waals surface area (Å²) in [5.74, 6) is 0.885. The average molecular weight is 235 g/mol. The van der Waals surface area contributed by atoms with Gasteiger partial charge in [-0.25, -0.2) is 0 Å². The van der Waals surface area contributed by atoms with Gasteiger partial charge in [-0.05, 0) is 57.4 Å². The molecule has 1 fully saturated rings. The van der Waals surface area contributed by atoms with Crippen molar-refractivity contribution in [1.82, 2.24) is 0 Å². The van der Waals surface area contributed by atoms with Gasteiger partial charge in [-0.15, -0.1) is 0 Å². The summed E-state index contributed by atoms with van der Waals surface area (Å²) in [6.07, 6.45) is 2.99. The third-order valence-electron chi connectivity index (χ3n) is 3.43. The molecule has 0 spiro atoms. The van der Waals surface area contributed by atoms with E-state index in [4.69, 9.17) is 4.74 Å². The van der Waals surface area contributed by atoms with Crippen LogP contribution in [0.4, 0.5) is 5.69 Å². The summed E-state index contributed by atoms with van der Waals surface area (Å²) >= 11 is 0. The first kappa shape index (κ1) is 12.2. The van der Waals surface area contributed by atoms with Crippen molar-refractivity contribution in [3.8, 4) is 5.75 Å². The van der Waals surface area contributed by atoms with Crippen LogP contribution < -0.4 is 10.1 Å². The molecule has 0 aromatic heterocycles. The quantitative estimate of drug-likeness (QED) is 0.843. The molecule has 2 atom stereocenters. The van der Waals surface area contributed by atoms with E-state index in [1.165, 1.54) is 0 Å². The summed E-state index contributed by atoms with van der Waals surface area (Å²) in [4.78, 5) is 0. The Labute approximate surface area is 103 Å². The molecule has 17 heavy (non-hydrogen) atoms. The Kier molecular flexibility index (Phi) is 3.57. The van der Waals surface area contributed by atoms with E-state index in [1.807, 2.05) is 38.1 Å². The van der Waals surface area contributed by atoms with Crippen LogP contribution >= 0.6 is 0 Å². The van der Waals surface area contributed by atoms with Gasteiger partial charge in [0.25, 0.3) is 0 Å². The summed E-state index contributed by atoms with van der Waals surface area (Å²) in [6.45, 7) is 4.57. The van der Waals surface area contributed by atoms with Crippen LogP contribution in [0.2, 0.25) is 0 Å². The molecule has 0 aliphatic heterocycles. The number of ether oxygens (including phenoxy) is 1. The van der Waals surface area contributed by atoms with Gasteiger partial charge < -0.3 is 15.2 Å². The molecule has 0 radical (unpaired) electrons. The molecule has 1 aromatic carbocycles. The lowest BCUT2D eigenvalue weighted by Crippen LogP contribution is -2.39. The smallest absolute Gasteiger partial charge is 0.119 e. The van der Waals surface area contributed by atoms with Gasteiger partial charge in [0.2, 0.25) is 0 Å². The van der Waals surface area contributed by atoms with Crippen LogP contribution in [0.5, 0.6) is 5.75 Å². The molecule has 1 saturated carbocycles. The Balaban J connectivity index is 1.99. The maximum atomic E-state index is 10.2. The van der Waals surface area contributed by atoms with E-state index in [9.17, 15) is 5.11 Å². The van der Waals surface area contributed by atoms with Gasteiger partial charge in [0.1, 0.15) is 5.75 Å². The lowest BCUT2D eigenvalue weighted by atomic mass is 10.0. The van der Waals surface area contributed by atoms with Crippen molar-refractivity contribution < 1.29 is 9.84 Å². The lowest BCUT2D eigenvalue weighted by Gasteiger charge is -2.27. The molecule has 0 bridgehead atoms. The van der Waals surface area contributed by atoms with Crippen molar-refractivity contribution in [3.63, 3.8) is 0 Å². The number of hydrogen-bond donors (Lipinski definition) is 2. The van der Waals surface area contributed by atoms with Gasteiger partial charge in [0, 0.05) is 5.69 Å². The number of nitrogens with one attached hydrogen (secondary N) is 1. The number of hydrogen-bond acceptors (Lipinski definition) is 3. The predicted molar refractivity (Wildman–Crippen MR) is 69.5 cm³/mol. The van der Waals surface area contributed by atoms with E-state index < -0.39 is 5.60 Å². The van der Waals surface area contributed by atoms with Gasteiger partial charge in [0.05, 0.1) is 18.2 Å². The highest BCUT2D eigenvalue weighted by molar-refractivity contribution is 5.47. The molecule has 0 amide bonds. The Bertz CT molecular complexity index is 359. The zero-order chi connectivity index (χ0) is 12.3. The van der Waals surface area contributed by atoms with Crippen LogP contribution in [0.25, 0.3) is 0 Å². The molecule has 2 rings (SSSR count). The second-order valence-corrected chi connectivity index (χ2v) is 4.90. The lowest BCUT2D eigenvalue weighted by molar-refractivity contribution is 0.0578. The van der Waals surface area contributed by atoms with Crippen LogP contribution in [0, 0.1) is 0 Å². The SMILES string of the molecule is CCOc1ccc(NC2CCCC2(C)O)cc1. The molecule has 94 valence electrons. The van der Waals surface area contributed by atoms with Crippen molar-refractivity contribution >= 4 is 5.69 Å². The number of rotatable bonds is 4. The summed E-state index contributed by atoms with van der Waals surface area (Å²) in [5.41, 5.74) is 0.458. The summed E-state index contributed by atoms with van der Waals surface area (Å²) in [5, 5.41) is 13.6. The van der Waals surface area contributed by atoms with Crippen molar-refractivity contribution in [2.75, 3.05) is 11.9 Å². The maximum Gasteiger partial charge on any atom is 0.119 e. The molecule has 1 aromatic rings. The second-order valence-electron chi connectivity index (χ2n) is 4.90. The first-order valence-corrected chi connectivity index (χ1v) is 6.33. The molecule has 3 heteroatoms. The predicted octanol–water partition coefficient (Wildman–Crippen LogP) is 2.80. The van der Waals surface area contributed by atoms with Crippen LogP contribution in [0.3, 0.4) is 0 Å². The van der Waals surface area contributed by atoms with Crippen LogP contribution in [0.1, 0.15) is 33.1 Å². The van der Waals surface area contributed by atoms with Crippen molar-refractivity contribution in [3.05, 3.63) is 24.3 Å². The van der Waals surface area contributed by atoms with E-state index in [0.29, 0.717) is 6.61 Å². The molecular formula is C14H21NO2. The molecular weight excluding hydrogens is 214 g/mol. The molecule has 0 heterocycles. The fourth-order valence-corrected chi connectivity index (χ4v) is 2.39. The Hall–Kier alpha value is -1.22. The van der Waals surface area contributed by atoms with Crippen LogP contribution in [-0.4, -0.2) is 23.4 Å². The second kappa shape index (κ2) is 4.96. The Morgan fingerprint density at radius 1 is 1.41 bits per heavy atom. The van der Waals surface area contributed by atoms with Gasteiger partial charge in [0.15, 0.2) is 0 Å². The molecule has 2 unspecified atom stereocenters. The zero-order valence-electron chi connectivity index (χ0n) is 10.6. The highest BCUT2D eigenvalue weighted by Gasteiger charge is 2.36. The molecule has 3 nitrogen and oxygen atoms in total. The molecule has 1 aliphatic rings. The number of anilines is 1. The molecule has 0 saturated heterocycles. The van der Waals surface area contributed by atoms with E-state index in [2.05, 4.69) is 5.32 Å². The largest absolute Gasteiger partial charge is 0.494 e. The topological polar surface area (TPSA) is 41.5 Å². The minimum atomic E-state index is -0.585. The monoisotopic (exact) mass is 235 g/mol. The average Bonchev–Trinajstić information content (AvgIpc) is 2.62. The Morgan fingerprint density at radius 2 is 2.12 bits per heavy atom. The van der Waals surface area contributed by atoms with Crippen molar-refractivity contribution in [2.45, 2.75) is 44.8 Å². The fraction of sp³-hybridized carbons (Fsp3) is 0.571. The zero-order valence-corrected chi connectivity index (χ0v) is 10.6. The van der Waals surface area contributed by atoms with Crippen LogP contribution in [-0.2, 0) is 0 Å². The molecule has 1 aliphatic carbocycles. The normalized spacial score (nSPS) is 28.1. The highest BCUT2D eigenvalue weighted by atomic mass is 16.5. The van der Waals surface area contributed by atoms with Crippen LogP contribution in [0.15, 0.2) is 24.3 Å². The van der Waals surface area contributed by atoms with Gasteiger partial charge >= 0.3 is 0 Å². The van der Waals surface area contributed by atoms with E-state index in [1.54, 1.807) is 0 Å². The fourth-order valence-electron chi connectivity index (χ4n) is 2.39. The Morgan fingerprint density at radius 3 is 2.65 bits per heavy atom. The van der Waals surface area contributed by atoms with E-state index in [-0.39, 0.29) is 6.04 Å². The van der Waals surface area contributed by atoms with E-state index in [0.717, 1.165) is 30.7 Å². The minimum Gasteiger partial charge on any atom is -0.494 e. The minimum absolute atomic E-state index is 0.153. The van der Waals surface area contributed by atoms with Crippen molar-refractivity contribution in [1.29, 1.82) is 0 Å². The van der Waals surface area contributed by atoms with Gasteiger partial charge in [-0.2, -0.15) is 0 Å². The first-order valence-electron chi connectivity index (χ1n) is 6.33.